The number of hydrogen-bond donors (Lipinski definition) is 1. The molecular formula is C8H16O2. The molecule has 1 atom stereocenters. The molecule has 60 valence electrons. The van der Waals surface area contributed by atoms with Gasteiger partial charge in [0.15, 0.2) is 0 Å². The van der Waals surface area contributed by atoms with Crippen LogP contribution in [0.1, 0.15) is 33.6 Å². The molecule has 0 rings (SSSR count). The molecule has 2 nitrogen and oxygen atoms in total. The highest BCUT2D eigenvalue weighted by atomic mass is 16.3. The topological polar surface area (TPSA) is 37.3 Å². The predicted molar refractivity (Wildman–Crippen MR) is 40.8 cm³/mol. The number of rotatable bonds is 4. The maximum Gasteiger partial charge on any atom is 0.135 e. The van der Waals surface area contributed by atoms with Crippen LogP contribution < -0.4 is 0 Å². The fourth-order valence-electron chi connectivity index (χ4n) is 0.640. The van der Waals surface area contributed by atoms with Crippen LogP contribution in [0.3, 0.4) is 0 Å². The minimum absolute atomic E-state index is 0.110. The highest BCUT2D eigenvalue weighted by molar-refractivity contribution is 5.80. The molecule has 1 N–H and O–H groups in total. The van der Waals surface area contributed by atoms with E-state index in [1.54, 1.807) is 6.92 Å². The third kappa shape index (κ3) is 4.50. The van der Waals surface area contributed by atoms with E-state index in [1.807, 2.05) is 13.8 Å². The Morgan fingerprint density at radius 3 is 2.20 bits per heavy atom. The normalized spacial score (nSPS) is 13.7. The first-order valence-electron chi connectivity index (χ1n) is 3.74. The number of aliphatic hydroxyl groups excluding tert-OH is 1. The molecular weight excluding hydrogens is 128 g/mol. The Bertz CT molecular complexity index is 106. The summed E-state index contributed by atoms with van der Waals surface area (Å²) in [5.74, 6) is 0.347. The first-order valence-corrected chi connectivity index (χ1v) is 3.74. The molecule has 0 saturated carbocycles. The summed E-state index contributed by atoms with van der Waals surface area (Å²) in [6.07, 6.45) is 0.759. The van der Waals surface area contributed by atoms with Gasteiger partial charge in [-0.05, 0) is 13.3 Å². The van der Waals surface area contributed by atoms with Crippen LogP contribution in [-0.2, 0) is 4.79 Å². The summed E-state index contributed by atoms with van der Waals surface area (Å²) in [5, 5.41) is 8.83. The quantitative estimate of drug-likeness (QED) is 0.647. The number of Topliss-reactive ketones (excluding diaryl/α,β-unsaturated/α-hetero) is 1. The van der Waals surface area contributed by atoms with E-state index in [0.717, 1.165) is 0 Å². The van der Waals surface area contributed by atoms with E-state index in [1.165, 1.54) is 0 Å². The molecule has 10 heavy (non-hydrogen) atoms. The molecule has 0 unspecified atom stereocenters. The molecule has 0 aromatic carbocycles. The van der Waals surface area contributed by atoms with Crippen molar-refractivity contribution in [2.45, 2.75) is 39.7 Å². The summed E-state index contributed by atoms with van der Waals surface area (Å²) in [6, 6.07) is 0. The van der Waals surface area contributed by atoms with Crippen LogP contribution in [0.5, 0.6) is 0 Å². The van der Waals surface area contributed by atoms with Gasteiger partial charge in [-0.25, -0.2) is 0 Å². The van der Waals surface area contributed by atoms with Gasteiger partial charge in [0.05, 0.1) is 6.10 Å². The molecule has 0 bridgehead atoms. The summed E-state index contributed by atoms with van der Waals surface area (Å²) in [6.45, 7) is 5.46. The average molecular weight is 144 g/mol. The van der Waals surface area contributed by atoms with Gasteiger partial charge in [-0.2, -0.15) is 0 Å². The van der Waals surface area contributed by atoms with E-state index in [4.69, 9.17) is 5.11 Å². The lowest BCUT2D eigenvalue weighted by Crippen LogP contribution is -2.10. The number of hydrogen-bond acceptors (Lipinski definition) is 2. The van der Waals surface area contributed by atoms with Crippen molar-refractivity contribution in [3.63, 3.8) is 0 Å². The van der Waals surface area contributed by atoms with Crippen LogP contribution in [0.25, 0.3) is 0 Å². The molecule has 0 amide bonds. The first kappa shape index (κ1) is 9.63. The Morgan fingerprint density at radius 1 is 1.40 bits per heavy atom. The number of aliphatic hydroxyl groups is 1. The smallest absolute Gasteiger partial charge is 0.135 e. The number of ketones is 1. The van der Waals surface area contributed by atoms with E-state index in [-0.39, 0.29) is 17.8 Å². The highest BCUT2D eigenvalue weighted by Gasteiger charge is 2.07. The zero-order valence-electron chi connectivity index (χ0n) is 6.92. The number of carbonyl (C=O) groups is 1. The van der Waals surface area contributed by atoms with Crippen molar-refractivity contribution in [3.05, 3.63) is 0 Å². The van der Waals surface area contributed by atoms with Gasteiger partial charge in [0.2, 0.25) is 0 Å². The Kier molecular flexibility index (Phi) is 4.28. The van der Waals surface area contributed by atoms with Gasteiger partial charge in [-0.3, -0.25) is 4.79 Å². The second-order valence-corrected chi connectivity index (χ2v) is 3.01. The van der Waals surface area contributed by atoms with Crippen LogP contribution in [0.4, 0.5) is 0 Å². The lowest BCUT2D eigenvalue weighted by Gasteiger charge is -2.04. The standard InChI is InChI=1S/C8H16O2/c1-6(2)8(10)5-4-7(3)9/h6-7,9H,4-5H2,1-3H3/t7-/m1/s1. The lowest BCUT2D eigenvalue weighted by atomic mass is 10.0. The summed E-state index contributed by atoms with van der Waals surface area (Å²) in [4.78, 5) is 10.9. The molecule has 0 fully saturated rings. The summed E-state index contributed by atoms with van der Waals surface area (Å²) < 4.78 is 0. The molecule has 0 saturated heterocycles. The van der Waals surface area contributed by atoms with Gasteiger partial charge in [0.1, 0.15) is 5.78 Å². The largest absolute Gasteiger partial charge is 0.393 e. The minimum Gasteiger partial charge on any atom is -0.393 e. The van der Waals surface area contributed by atoms with E-state index >= 15 is 0 Å². The SMILES string of the molecule is CC(C)C(=O)CC[C@@H](C)O. The highest BCUT2D eigenvalue weighted by Crippen LogP contribution is 2.03. The third-order valence-electron chi connectivity index (χ3n) is 1.45. The molecule has 0 spiro atoms. The monoisotopic (exact) mass is 144 g/mol. The van der Waals surface area contributed by atoms with Gasteiger partial charge in [0.25, 0.3) is 0 Å². The van der Waals surface area contributed by atoms with Crippen molar-refractivity contribution >= 4 is 5.78 Å². The predicted octanol–water partition coefficient (Wildman–Crippen LogP) is 1.37. The average Bonchev–Trinajstić information content (AvgIpc) is 1.82. The molecule has 0 aromatic heterocycles. The van der Waals surface area contributed by atoms with Crippen molar-refractivity contribution in [3.8, 4) is 0 Å². The maximum absolute atomic E-state index is 10.9. The molecule has 0 aliphatic carbocycles. The molecule has 0 aliphatic heterocycles. The van der Waals surface area contributed by atoms with E-state index in [9.17, 15) is 4.79 Å². The van der Waals surface area contributed by atoms with Crippen LogP contribution in [-0.4, -0.2) is 17.0 Å². The summed E-state index contributed by atoms with van der Waals surface area (Å²) in [5.41, 5.74) is 0. The minimum atomic E-state index is -0.345. The summed E-state index contributed by atoms with van der Waals surface area (Å²) >= 11 is 0. The van der Waals surface area contributed by atoms with Gasteiger partial charge < -0.3 is 5.11 Å². The number of carbonyl (C=O) groups excluding carboxylic acids is 1. The first-order chi connectivity index (χ1) is 4.54. The van der Waals surface area contributed by atoms with Crippen molar-refractivity contribution < 1.29 is 9.90 Å². The van der Waals surface area contributed by atoms with Crippen molar-refractivity contribution in [2.75, 3.05) is 0 Å². The molecule has 2 heteroatoms. The van der Waals surface area contributed by atoms with Crippen LogP contribution in [0.2, 0.25) is 0 Å². The van der Waals surface area contributed by atoms with Gasteiger partial charge in [-0.1, -0.05) is 13.8 Å². The zero-order valence-corrected chi connectivity index (χ0v) is 6.92. The Hall–Kier alpha value is -0.370. The fraction of sp³-hybridized carbons (Fsp3) is 0.875. The fourth-order valence-corrected chi connectivity index (χ4v) is 0.640. The lowest BCUT2D eigenvalue weighted by molar-refractivity contribution is -0.122. The van der Waals surface area contributed by atoms with Gasteiger partial charge in [0, 0.05) is 12.3 Å². The van der Waals surface area contributed by atoms with Crippen LogP contribution >= 0.6 is 0 Å². The second-order valence-electron chi connectivity index (χ2n) is 3.01. The molecule has 0 radical (unpaired) electrons. The van der Waals surface area contributed by atoms with E-state index in [2.05, 4.69) is 0 Å². The van der Waals surface area contributed by atoms with E-state index < -0.39 is 0 Å². The molecule has 0 aromatic rings. The van der Waals surface area contributed by atoms with Crippen LogP contribution in [0, 0.1) is 5.92 Å². The second kappa shape index (κ2) is 4.45. The van der Waals surface area contributed by atoms with Crippen molar-refractivity contribution in [1.29, 1.82) is 0 Å². The maximum atomic E-state index is 10.9. The van der Waals surface area contributed by atoms with E-state index in [0.29, 0.717) is 12.8 Å². The molecule has 0 aliphatic rings. The van der Waals surface area contributed by atoms with Gasteiger partial charge in [-0.15, -0.1) is 0 Å². The summed E-state index contributed by atoms with van der Waals surface area (Å²) in [7, 11) is 0. The zero-order chi connectivity index (χ0) is 8.15. The Labute approximate surface area is 62.2 Å². The van der Waals surface area contributed by atoms with Crippen molar-refractivity contribution in [2.24, 2.45) is 5.92 Å². The van der Waals surface area contributed by atoms with Gasteiger partial charge >= 0.3 is 0 Å². The van der Waals surface area contributed by atoms with Crippen molar-refractivity contribution in [1.82, 2.24) is 0 Å². The Morgan fingerprint density at radius 2 is 1.90 bits per heavy atom. The molecule has 0 heterocycles. The Balaban J connectivity index is 3.40. The third-order valence-corrected chi connectivity index (χ3v) is 1.45. The van der Waals surface area contributed by atoms with Crippen LogP contribution in [0.15, 0.2) is 0 Å².